The summed E-state index contributed by atoms with van der Waals surface area (Å²) in [6, 6.07) is 12.2. The van der Waals surface area contributed by atoms with Gasteiger partial charge in [-0.25, -0.2) is 9.97 Å². The zero-order valence-corrected chi connectivity index (χ0v) is 11.1. The summed E-state index contributed by atoms with van der Waals surface area (Å²) in [4.78, 5) is 10.7. The Hall–Kier alpha value is -1.94. The smallest absolute Gasteiger partial charge is 0.225 e. The maximum atomic E-state index is 9.13. The molecule has 0 aliphatic heterocycles. The van der Waals surface area contributed by atoms with Crippen molar-refractivity contribution in [2.75, 3.05) is 11.5 Å². The minimum absolute atomic E-state index is 0.166. The van der Waals surface area contributed by atoms with Gasteiger partial charge in [0.2, 0.25) is 5.95 Å². The van der Waals surface area contributed by atoms with Crippen LogP contribution in [0.4, 0.5) is 5.95 Å². The molecule has 0 bridgehead atoms. The second-order valence-electron chi connectivity index (χ2n) is 4.52. The van der Waals surface area contributed by atoms with E-state index in [0.717, 1.165) is 6.54 Å². The van der Waals surface area contributed by atoms with Crippen LogP contribution in [0.2, 0.25) is 0 Å². The fourth-order valence-corrected chi connectivity index (χ4v) is 1.99. The predicted molar refractivity (Wildman–Crippen MR) is 75.8 cm³/mol. The van der Waals surface area contributed by atoms with Crippen LogP contribution in [0.5, 0.6) is 0 Å². The third kappa shape index (κ3) is 3.76. The van der Waals surface area contributed by atoms with Crippen LogP contribution < -0.4 is 4.90 Å². The lowest BCUT2D eigenvalue weighted by molar-refractivity contribution is 0.275. The summed E-state index contributed by atoms with van der Waals surface area (Å²) >= 11 is 0. The molecule has 0 saturated carbocycles. The molecule has 100 valence electrons. The lowest BCUT2D eigenvalue weighted by Gasteiger charge is -2.29. The molecule has 0 fully saturated rings. The van der Waals surface area contributed by atoms with E-state index in [0.29, 0.717) is 12.4 Å². The van der Waals surface area contributed by atoms with Gasteiger partial charge in [-0.2, -0.15) is 0 Å². The van der Waals surface area contributed by atoms with Gasteiger partial charge in [-0.05, 0) is 25.0 Å². The van der Waals surface area contributed by atoms with Crippen molar-refractivity contribution in [2.24, 2.45) is 0 Å². The van der Waals surface area contributed by atoms with Crippen LogP contribution >= 0.6 is 0 Å². The number of hydrogen-bond acceptors (Lipinski definition) is 4. The van der Waals surface area contributed by atoms with Gasteiger partial charge in [0.1, 0.15) is 0 Å². The summed E-state index contributed by atoms with van der Waals surface area (Å²) in [5.41, 5.74) is 1.21. The molecule has 1 heterocycles. The summed E-state index contributed by atoms with van der Waals surface area (Å²) < 4.78 is 0. The lowest BCUT2D eigenvalue weighted by Crippen LogP contribution is -2.34. The van der Waals surface area contributed by atoms with Gasteiger partial charge >= 0.3 is 0 Å². The Kier molecular flexibility index (Phi) is 4.86. The van der Waals surface area contributed by atoms with Crippen LogP contribution in [0.1, 0.15) is 18.9 Å². The molecule has 1 N–H and O–H groups in total. The molecule has 0 amide bonds. The van der Waals surface area contributed by atoms with Crippen LogP contribution in [-0.4, -0.2) is 27.7 Å². The molecule has 4 heteroatoms. The highest BCUT2D eigenvalue weighted by atomic mass is 16.3. The van der Waals surface area contributed by atoms with E-state index in [1.807, 2.05) is 18.2 Å². The Morgan fingerprint density at radius 1 is 1.11 bits per heavy atom. The number of aromatic nitrogens is 2. The molecular formula is C15H19N3O. The highest BCUT2D eigenvalue weighted by Crippen LogP contribution is 2.16. The van der Waals surface area contributed by atoms with Crippen LogP contribution in [0.25, 0.3) is 0 Å². The average molecular weight is 257 g/mol. The molecular weight excluding hydrogens is 238 g/mol. The van der Waals surface area contributed by atoms with Gasteiger partial charge in [-0.3, -0.25) is 0 Å². The number of benzene rings is 1. The number of aliphatic hydroxyl groups excluding tert-OH is 1. The van der Waals surface area contributed by atoms with Gasteiger partial charge in [0, 0.05) is 31.6 Å². The maximum Gasteiger partial charge on any atom is 0.225 e. The Bertz CT molecular complexity index is 475. The zero-order chi connectivity index (χ0) is 13.5. The van der Waals surface area contributed by atoms with E-state index in [-0.39, 0.29) is 12.6 Å². The summed E-state index contributed by atoms with van der Waals surface area (Å²) in [6.07, 6.45) is 4.18. The average Bonchev–Trinajstić information content (AvgIpc) is 2.47. The second kappa shape index (κ2) is 6.85. The Morgan fingerprint density at radius 2 is 1.79 bits per heavy atom. The standard InChI is InChI=1S/C15H19N3O/c1-13(8-11-19)18(15-16-9-5-10-17-15)12-14-6-3-2-4-7-14/h2-7,9-10,13,19H,8,11-12H2,1H3. The molecule has 1 aromatic carbocycles. The van der Waals surface area contributed by atoms with E-state index < -0.39 is 0 Å². The van der Waals surface area contributed by atoms with E-state index in [1.165, 1.54) is 5.56 Å². The van der Waals surface area contributed by atoms with E-state index in [4.69, 9.17) is 5.11 Å². The molecule has 2 aromatic rings. The maximum absolute atomic E-state index is 9.13. The quantitative estimate of drug-likeness (QED) is 0.862. The summed E-state index contributed by atoms with van der Waals surface area (Å²) in [5, 5.41) is 9.13. The molecule has 1 unspecified atom stereocenters. The Morgan fingerprint density at radius 3 is 2.42 bits per heavy atom. The monoisotopic (exact) mass is 257 g/mol. The normalized spacial score (nSPS) is 12.1. The van der Waals surface area contributed by atoms with E-state index in [2.05, 4.69) is 33.9 Å². The summed E-state index contributed by atoms with van der Waals surface area (Å²) in [5.74, 6) is 0.701. The summed E-state index contributed by atoms with van der Waals surface area (Å²) in [7, 11) is 0. The number of anilines is 1. The topological polar surface area (TPSA) is 49.2 Å². The Balaban J connectivity index is 2.20. The zero-order valence-electron chi connectivity index (χ0n) is 11.1. The van der Waals surface area contributed by atoms with Crippen molar-refractivity contribution in [2.45, 2.75) is 25.9 Å². The number of nitrogens with zero attached hydrogens (tertiary/aromatic N) is 3. The van der Waals surface area contributed by atoms with E-state index in [1.54, 1.807) is 18.5 Å². The van der Waals surface area contributed by atoms with Crippen LogP contribution in [0.3, 0.4) is 0 Å². The van der Waals surface area contributed by atoms with E-state index in [9.17, 15) is 0 Å². The first-order valence-electron chi connectivity index (χ1n) is 6.49. The SMILES string of the molecule is CC(CCO)N(Cc1ccccc1)c1ncccn1. The number of aliphatic hydroxyl groups is 1. The van der Waals surface area contributed by atoms with Crippen molar-refractivity contribution in [3.8, 4) is 0 Å². The predicted octanol–water partition coefficient (Wildman–Crippen LogP) is 2.25. The minimum Gasteiger partial charge on any atom is -0.396 e. The molecule has 0 saturated heterocycles. The molecule has 0 radical (unpaired) electrons. The lowest BCUT2D eigenvalue weighted by atomic mass is 10.1. The fourth-order valence-electron chi connectivity index (χ4n) is 1.99. The first-order valence-corrected chi connectivity index (χ1v) is 6.49. The first-order chi connectivity index (χ1) is 9.31. The van der Waals surface area contributed by atoms with Crippen molar-refractivity contribution < 1.29 is 5.11 Å². The minimum atomic E-state index is 0.166. The van der Waals surface area contributed by atoms with Crippen LogP contribution in [0, 0.1) is 0 Å². The molecule has 2 rings (SSSR count). The summed E-state index contributed by atoms with van der Waals surface area (Å²) in [6.45, 7) is 2.99. The highest BCUT2D eigenvalue weighted by Gasteiger charge is 2.16. The van der Waals surface area contributed by atoms with Gasteiger partial charge in [0.15, 0.2) is 0 Å². The van der Waals surface area contributed by atoms with Crippen molar-refractivity contribution in [3.63, 3.8) is 0 Å². The largest absolute Gasteiger partial charge is 0.396 e. The van der Waals surface area contributed by atoms with Gasteiger partial charge in [0.25, 0.3) is 0 Å². The van der Waals surface area contributed by atoms with Crippen LogP contribution in [0.15, 0.2) is 48.8 Å². The molecule has 1 aromatic heterocycles. The van der Waals surface area contributed by atoms with Crippen molar-refractivity contribution >= 4 is 5.95 Å². The Labute approximate surface area is 113 Å². The van der Waals surface area contributed by atoms with Crippen molar-refractivity contribution in [1.82, 2.24) is 9.97 Å². The molecule has 0 aliphatic rings. The third-order valence-corrected chi connectivity index (χ3v) is 3.08. The van der Waals surface area contributed by atoms with Crippen LogP contribution in [-0.2, 0) is 6.54 Å². The molecule has 0 aliphatic carbocycles. The first kappa shape index (κ1) is 13.5. The van der Waals surface area contributed by atoms with Crippen molar-refractivity contribution in [3.05, 3.63) is 54.4 Å². The molecule has 19 heavy (non-hydrogen) atoms. The fraction of sp³-hybridized carbons (Fsp3) is 0.333. The van der Waals surface area contributed by atoms with E-state index >= 15 is 0 Å². The molecule has 0 spiro atoms. The number of rotatable bonds is 6. The highest BCUT2D eigenvalue weighted by molar-refractivity contribution is 5.33. The third-order valence-electron chi connectivity index (χ3n) is 3.08. The van der Waals surface area contributed by atoms with Gasteiger partial charge in [0.05, 0.1) is 0 Å². The van der Waals surface area contributed by atoms with Crippen molar-refractivity contribution in [1.29, 1.82) is 0 Å². The number of hydrogen-bond donors (Lipinski definition) is 1. The van der Waals surface area contributed by atoms with Gasteiger partial charge in [-0.1, -0.05) is 30.3 Å². The molecule has 1 atom stereocenters. The molecule has 4 nitrogen and oxygen atoms in total. The van der Waals surface area contributed by atoms with Gasteiger partial charge < -0.3 is 10.0 Å². The van der Waals surface area contributed by atoms with Gasteiger partial charge in [-0.15, -0.1) is 0 Å². The second-order valence-corrected chi connectivity index (χ2v) is 4.52.